The zero-order valence-corrected chi connectivity index (χ0v) is 19.5. The number of nitrogens with one attached hydrogen (secondary N) is 2. The number of fused-ring (bicyclic) bond motifs is 3. The summed E-state index contributed by atoms with van der Waals surface area (Å²) < 4.78 is 5.51. The van der Waals surface area contributed by atoms with Gasteiger partial charge >= 0.3 is 12.1 Å². The summed E-state index contributed by atoms with van der Waals surface area (Å²) in [5.41, 5.74) is 4.55. The van der Waals surface area contributed by atoms with E-state index in [1.165, 1.54) is 0 Å². The Kier molecular flexibility index (Phi) is 7.50. The van der Waals surface area contributed by atoms with Gasteiger partial charge in [0.2, 0.25) is 5.91 Å². The van der Waals surface area contributed by atoms with Crippen molar-refractivity contribution >= 4 is 18.0 Å². The van der Waals surface area contributed by atoms with Crippen molar-refractivity contribution in [3.8, 4) is 11.1 Å². The average Bonchev–Trinajstić information content (AvgIpc) is 3.47. The summed E-state index contributed by atoms with van der Waals surface area (Å²) in [7, 11) is 0. The van der Waals surface area contributed by atoms with Gasteiger partial charge in [-0.15, -0.1) is 0 Å². The lowest BCUT2D eigenvalue weighted by atomic mass is 9.88. The van der Waals surface area contributed by atoms with E-state index in [0.29, 0.717) is 12.5 Å². The van der Waals surface area contributed by atoms with Crippen LogP contribution in [-0.4, -0.2) is 42.3 Å². The standard InChI is InChI=1S/C27H32N2O5/c1-17(26(32)28-15-19(14-25(30)31)18-8-2-3-9-18)29-27(33)34-16-24-22-12-6-4-10-20(22)21-11-5-7-13-23(21)24/h4-7,10-13,17-19,24H,2-3,8-9,14-16H2,1H3,(H,28,32)(H,29,33)(H,30,31)/t17-,19?/m1/s1. The molecule has 1 fully saturated rings. The van der Waals surface area contributed by atoms with Gasteiger partial charge in [0.25, 0.3) is 0 Å². The van der Waals surface area contributed by atoms with Crippen LogP contribution < -0.4 is 10.6 Å². The third-order valence-electron chi connectivity index (χ3n) is 7.11. The number of carbonyl (C=O) groups excluding carboxylic acids is 2. The number of alkyl carbamates (subject to hydrolysis) is 1. The third-order valence-corrected chi connectivity index (χ3v) is 7.11. The molecule has 0 aromatic heterocycles. The topological polar surface area (TPSA) is 105 Å². The van der Waals surface area contributed by atoms with Crippen LogP contribution in [0, 0.1) is 11.8 Å². The number of carbonyl (C=O) groups is 3. The molecule has 3 N–H and O–H groups in total. The number of aliphatic carboxylic acids is 1. The number of rotatable bonds is 9. The highest BCUT2D eigenvalue weighted by Crippen LogP contribution is 2.44. The van der Waals surface area contributed by atoms with Gasteiger partial charge in [0, 0.05) is 12.5 Å². The molecule has 7 nitrogen and oxygen atoms in total. The van der Waals surface area contributed by atoms with E-state index in [0.717, 1.165) is 47.9 Å². The van der Waals surface area contributed by atoms with Gasteiger partial charge in [0.1, 0.15) is 12.6 Å². The molecule has 1 saturated carbocycles. The number of carboxylic acids is 1. The number of carboxylic acid groups (broad SMARTS) is 1. The normalized spacial score (nSPS) is 16.9. The van der Waals surface area contributed by atoms with E-state index in [9.17, 15) is 19.5 Å². The predicted molar refractivity (Wildman–Crippen MR) is 128 cm³/mol. The van der Waals surface area contributed by atoms with Gasteiger partial charge in [-0.3, -0.25) is 9.59 Å². The van der Waals surface area contributed by atoms with Crippen molar-refractivity contribution in [3.05, 3.63) is 59.7 Å². The number of hydrogen-bond acceptors (Lipinski definition) is 4. The van der Waals surface area contributed by atoms with E-state index < -0.39 is 18.1 Å². The molecule has 2 aliphatic carbocycles. The number of hydrogen-bond donors (Lipinski definition) is 3. The second-order valence-corrected chi connectivity index (χ2v) is 9.34. The van der Waals surface area contributed by atoms with Crippen LogP contribution in [0.25, 0.3) is 11.1 Å². The molecule has 4 rings (SSSR count). The Morgan fingerprint density at radius 2 is 1.59 bits per heavy atom. The lowest BCUT2D eigenvalue weighted by Crippen LogP contribution is -2.46. The van der Waals surface area contributed by atoms with Crippen LogP contribution in [0.1, 0.15) is 56.1 Å². The average molecular weight is 465 g/mol. The van der Waals surface area contributed by atoms with Gasteiger partial charge in [-0.2, -0.15) is 0 Å². The summed E-state index contributed by atoms with van der Waals surface area (Å²) in [4.78, 5) is 36.2. The van der Waals surface area contributed by atoms with Crippen LogP contribution in [0.5, 0.6) is 0 Å². The Balaban J connectivity index is 1.28. The molecule has 2 aliphatic rings. The maximum absolute atomic E-state index is 12.5. The molecule has 0 radical (unpaired) electrons. The van der Waals surface area contributed by atoms with Gasteiger partial charge in [0.15, 0.2) is 0 Å². The highest BCUT2D eigenvalue weighted by Gasteiger charge is 2.30. The maximum atomic E-state index is 12.5. The second kappa shape index (κ2) is 10.7. The van der Waals surface area contributed by atoms with E-state index in [1.807, 2.05) is 24.3 Å². The monoisotopic (exact) mass is 464 g/mol. The summed E-state index contributed by atoms with van der Waals surface area (Å²) in [5, 5.41) is 14.6. The van der Waals surface area contributed by atoms with Gasteiger partial charge in [0.05, 0.1) is 6.42 Å². The van der Waals surface area contributed by atoms with E-state index in [-0.39, 0.29) is 30.8 Å². The Morgan fingerprint density at radius 3 is 2.18 bits per heavy atom. The smallest absolute Gasteiger partial charge is 0.407 e. The molecule has 0 aliphatic heterocycles. The molecular formula is C27H32N2O5. The maximum Gasteiger partial charge on any atom is 0.407 e. The molecule has 180 valence electrons. The zero-order valence-electron chi connectivity index (χ0n) is 19.5. The number of ether oxygens (including phenoxy) is 1. The summed E-state index contributed by atoms with van der Waals surface area (Å²) in [5.74, 6) is -1.02. The largest absolute Gasteiger partial charge is 0.481 e. The summed E-state index contributed by atoms with van der Waals surface area (Å²) in [6, 6.07) is 15.4. The highest BCUT2D eigenvalue weighted by molar-refractivity contribution is 5.85. The van der Waals surface area contributed by atoms with Crippen molar-refractivity contribution in [2.45, 2.75) is 51.0 Å². The van der Waals surface area contributed by atoms with Crippen molar-refractivity contribution in [2.24, 2.45) is 11.8 Å². The van der Waals surface area contributed by atoms with Crippen molar-refractivity contribution in [1.29, 1.82) is 0 Å². The van der Waals surface area contributed by atoms with Crippen LogP contribution in [0.3, 0.4) is 0 Å². The molecule has 2 amide bonds. The SMILES string of the molecule is C[C@@H](NC(=O)OCC1c2ccccc2-c2ccccc21)C(=O)NCC(CC(=O)O)C1CCCC1. The lowest BCUT2D eigenvalue weighted by Gasteiger charge is -2.23. The van der Waals surface area contributed by atoms with Gasteiger partial charge < -0.3 is 20.5 Å². The summed E-state index contributed by atoms with van der Waals surface area (Å²) >= 11 is 0. The Morgan fingerprint density at radius 1 is 1.00 bits per heavy atom. The summed E-state index contributed by atoms with van der Waals surface area (Å²) in [6.07, 6.45) is 3.60. The van der Waals surface area contributed by atoms with Gasteiger partial charge in [-0.25, -0.2) is 4.79 Å². The van der Waals surface area contributed by atoms with Crippen LogP contribution in [0.4, 0.5) is 4.79 Å². The fraction of sp³-hybridized carbons (Fsp3) is 0.444. The lowest BCUT2D eigenvalue weighted by molar-refractivity contribution is -0.138. The molecular weight excluding hydrogens is 432 g/mol. The van der Waals surface area contributed by atoms with Crippen LogP contribution in [-0.2, 0) is 14.3 Å². The highest BCUT2D eigenvalue weighted by atomic mass is 16.5. The quantitative estimate of drug-likeness (QED) is 0.513. The minimum Gasteiger partial charge on any atom is -0.481 e. The van der Waals surface area contributed by atoms with Crippen LogP contribution >= 0.6 is 0 Å². The molecule has 2 aromatic rings. The molecule has 34 heavy (non-hydrogen) atoms. The van der Waals surface area contributed by atoms with Crippen molar-refractivity contribution < 1.29 is 24.2 Å². The van der Waals surface area contributed by atoms with Crippen LogP contribution in [0.15, 0.2) is 48.5 Å². The van der Waals surface area contributed by atoms with Gasteiger partial charge in [-0.1, -0.05) is 74.2 Å². The van der Waals surface area contributed by atoms with Gasteiger partial charge in [-0.05, 0) is 41.0 Å². The van der Waals surface area contributed by atoms with Crippen molar-refractivity contribution in [3.63, 3.8) is 0 Å². The third kappa shape index (κ3) is 5.41. The van der Waals surface area contributed by atoms with Crippen molar-refractivity contribution in [1.82, 2.24) is 10.6 Å². The first kappa shape index (κ1) is 23.8. The molecule has 0 spiro atoms. The number of amides is 2. The van der Waals surface area contributed by atoms with E-state index in [4.69, 9.17) is 4.74 Å². The van der Waals surface area contributed by atoms with Crippen LogP contribution in [0.2, 0.25) is 0 Å². The Hall–Kier alpha value is -3.35. The van der Waals surface area contributed by atoms with E-state index in [1.54, 1.807) is 6.92 Å². The van der Waals surface area contributed by atoms with E-state index >= 15 is 0 Å². The fourth-order valence-corrected chi connectivity index (χ4v) is 5.33. The minimum atomic E-state index is -0.851. The minimum absolute atomic E-state index is 0.0408. The molecule has 1 unspecified atom stereocenters. The Bertz CT molecular complexity index is 1000. The first-order valence-electron chi connectivity index (χ1n) is 12.0. The molecule has 0 bridgehead atoms. The first-order chi connectivity index (χ1) is 16.4. The second-order valence-electron chi connectivity index (χ2n) is 9.34. The molecule has 0 heterocycles. The molecule has 0 saturated heterocycles. The van der Waals surface area contributed by atoms with Crippen molar-refractivity contribution in [2.75, 3.05) is 13.2 Å². The molecule has 2 atom stereocenters. The molecule has 2 aromatic carbocycles. The predicted octanol–water partition coefficient (Wildman–Crippen LogP) is 4.31. The number of benzene rings is 2. The molecule has 7 heteroatoms. The zero-order chi connectivity index (χ0) is 24.1. The summed E-state index contributed by atoms with van der Waals surface area (Å²) in [6.45, 7) is 2.07. The Labute approximate surface area is 199 Å². The van der Waals surface area contributed by atoms with E-state index in [2.05, 4.69) is 34.9 Å². The fourth-order valence-electron chi connectivity index (χ4n) is 5.33. The first-order valence-corrected chi connectivity index (χ1v) is 12.0.